The number of carbonyl (C=O) groups is 2. The fourth-order valence-corrected chi connectivity index (χ4v) is 4.15. The highest BCUT2D eigenvalue weighted by molar-refractivity contribution is 9.10. The van der Waals surface area contributed by atoms with Gasteiger partial charge in [0, 0.05) is 15.6 Å². The maximum atomic E-state index is 13.0. The van der Waals surface area contributed by atoms with Crippen LogP contribution in [0.4, 0.5) is 5.13 Å². The zero-order chi connectivity index (χ0) is 22.7. The summed E-state index contributed by atoms with van der Waals surface area (Å²) in [5.74, 6) is 0.308. The van der Waals surface area contributed by atoms with Crippen LogP contribution < -0.4 is 20.1 Å². The minimum Gasteiger partial charge on any atom is -0.454 e. The number of halogens is 1. The fraction of sp³-hybridized carbons (Fsp3) is 0.273. The summed E-state index contributed by atoms with van der Waals surface area (Å²) in [6.45, 7) is 4.01. The molecule has 3 aromatic rings. The second-order valence-electron chi connectivity index (χ2n) is 7.31. The van der Waals surface area contributed by atoms with Gasteiger partial charge in [-0.25, -0.2) is 0 Å². The molecule has 2 unspecified atom stereocenters. The number of nitrogens with one attached hydrogen (secondary N) is 2. The molecule has 1 aliphatic rings. The first-order chi connectivity index (χ1) is 15.4. The van der Waals surface area contributed by atoms with Crippen molar-refractivity contribution in [3.63, 3.8) is 0 Å². The molecule has 2 aromatic carbocycles. The number of fused-ring (bicyclic) bond motifs is 1. The number of anilines is 1. The SMILES string of the molecule is CCC(C)C(NC(=O)c1ccc2c(c1)OCO2)C(=O)Nc1nnc(-c2ccc(Br)cc2)s1. The molecule has 0 saturated heterocycles. The second kappa shape index (κ2) is 9.66. The topological polar surface area (TPSA) is 102 Å². The van der Waals surface area contributed by atoms with Crippen molar-refractivity contribution in [3.05, 3.63) is 52.5 Å². The lowest BCUT2D eigenvalue weighted by atomic mass is 9.98. The van der Waals surface area contributed by atoms with E-state index in [-0.39, 0.29) is 24.5 Å². The highest BCUT2D eigenvalue weighted by atomic mass is 79.9. The first-order valence-electron chi connectivity index (χ1n) is 10.1. The van der Waals surface area contributed by atoms with Gasteiger partial charge in [-0.05, 0) is 36.2 Å². The number of ether oxygens (including phenoxy) is 2. The molecule has 166 valence electrons. The third kappa shape index (κ3) is 4.91. The molecule has 0 fully saturated rings. The predicted octanol–water partition coefficient (Wildman–Crippen LogP) is 4.48. The van der Waals surface area contributed by atoms with E-state index in [0.29, 0.717) is 33.6 Å². The predicted molar refractivity (Wildman–Crippen MR) is 125 cm³/mol. The number of benzene rings is 2. The van der Waals surface area contributed by atoms with Gasteiger partial charge < -0.3 is 14.8 Å². The standard InChI is InChI=1S/C22H21BrN4O4S/c1-3-12(2)18(24-19(28)14-6-9-16-17(10-14)31-11-30-16)20(29)25-22-27-26-21(32-22)13-4-7-15(23)8-5-13/h4-10,12,18H,3,11H2,1-2H3,(H,24,28)(H,25,27,29). The van der Waals surface area contributed by atoms with Gasteiger partial charge in [0.15, 0.2) is 11.5 Å². The summed E-state index contributed by atoms with van der Waals surface area (Å²) in [5.41, 5.74) is 1.30. The summed E-state index contributed by atoms with van der Waals surface area (Å²) in [7, 11) is 0. The Morgan fingerprint density at radius 2 is 1.88 bits per heavy atom. The van der Waals surface area contributed by atoms with Gasteiger partial charge in [0.25, 0.3) is 5.91 Å². The van der Waals surface area contributed by atoms with Crippen molar-refractivity contribution in [1.29, 1.82) is 0 Å². The molecule has 10 heteroatoms. The van der Waals surface area contributed by atoms with Gasteiger partial charge in [-0.1, -0.05) is 59.7 Å². The lowest BCUT2D eigenvalue weighted by molar-refractivity contribution is -0.119. The zero-order valence-electron chi connectivity index (χ0n) is 17.4. The summed E-state index contributed by atoms with van der Waals surface area (Å²) >= 11 is 4.68. The Hall–Kier alpha value is -2.98. The van der Waals surface area contributed by atoms with Gasteiger partial charge in [0.1, 0.15) is 11.0 Å². The van der Waals surface area contributed by atoms with Gasteiger partial charge in [0.2, 0.25) is 17.8 Å². The highest BCUT2D eigenvalue weighted by Gasteiger charge is 2.28. The third-order valence-corrected chi connectivity index (χ3v) is 6.58. The molecule has 0 radical (unpaired) electrons. The molecule has 2 N–H and O–H groups in total. The van der Waals surface area contributed by atoms with Crippen LogP contribution in [0.25, 0.3) is 10.6 Å². The van der Waals surface area contributed by atoms with Crippen LogP contribution in [0, 0.1) is 5.92 Å². The molecule has 0 spiro atoms. The molecule has 8 nitrogen and oxygen atoms in total. The maximum Gasteiger partial charge on any atom is 0.252 e. The molecule has 2 atom stereocenters. The average Bonchev–Trinajstić information content (AvgIpc) is 3.46. The minimum atomic E-state index is -0.738. The molecular formula is C22H21BrN4O4S. The van der Waals surface area contributed by atoms with E-state index in [4.69, 9.17) is 9.47 Å². The Morgan fingerprint density at radius 1 is 1.12 bits per heavy atom. The van der Waals surface area contributed by atoms with Gasteiger partial charge in [0.05, 0.1) is 0 Å². The van der Waals surface area contributed by atoms with Gasteiger partial charge >= 0.3 is 0 Å². The van der Waals surface area contributed by atoms with Crippen molar-refractivity contribution >= 4 is 44.2 Å². The van der Waals surface area contributed by atoms with Crippen LogP contribution in [-0.4, -0.2) is 34.8 Å². The van der Waals surface area contributed by atoms with Crippen molar-refractivity contribution in [3.8, 4) is 22.1 Å². The van der Waals surface area contributed by atoms with Crippen molar-refractivity contribution < 1.29 is 19.1 Å². The van der Waals surface area contributed by atoms with Crippen molar-refractivity contribution in [2.75, 3.05) is 12.1 Å². The summed E-state index contributed by atoms with van der Waals surface area (Å²) in [6, 6.07) is 11.9. The lowest BCUT2D eigenvalue weighted by Gasteiger charge is -2.23. The maximum absolute atomic E-state index is 13.0. The van der Waals surface area contributed by atoms with E-state index in [1.807, 2.05) is 38.1 Å². The fourth-order valence-electron chi connectivity index (χ4n) is 3.13. The number of aromatic nitrogens is 2. The minimum absolute atomic E-state index is 0.0909. The Bertz CT molecular complexity index is 1140. The molecule has 2 amide bonds. The smallest absolute Gasteiger partial charge is 0.252 e. The van der Waals surface area contributed by atoms with Crippen molar-refractivity contribution in [2.24, 2.45) is 5.92 Å². The third-order valence-electron chi connectivity index (χ3n) is 5.16. The van der Waals surface area contributed by atoms with E-state index >= 15 is 0 Å². The van der Waals surface area contributed by atoms with Crippen LogP contribution in [0.1, 0.15) is 30.6 Å². The normalized spacial score (nSPS) is 14.0. The Labute approximate surface area is 197 Å². The van der Waals surface area contributed by atoms with Gasteiger partial charge in [-0.3, -0.25) is 14.9 Å². The summed E-state index contributed by atoms with van der Waals surface area (Å²) in [5, 5.41) is 14.9. The van der Waals surface area contributed by atoms with E-state index in [9.17, 15) is 9.59 Å². The molecular weight excluding hydrogens is 496 g/mol. The van der Waals surface area contributed by atoms with Crippen molar-refractivity contribution in [2.45, 2.75) is 26.3 Å². The average molecular weight is 517 g/mol. The monoisotopic (exact) mass is 516 g/mol. The number of amides is 2. The zero-order valence-corrected chi connectivity index (χ0v) is 19.8. The highest BCUT2D eigenvalue weighted by Crippen LogP contribution is 2.32. The molecule has 2 heterocycles. The van der Waals surface area contributed by atoms with Crippen LogP contribution in [0.15, 0.2) is 46.9 Å². The summed E-state index contributed by atoms with van der Waals surface area (Å²) in [4.78, 5) is 25.9. The Balaban J connectivity index is 1.46. The number of rotatable bonds is 7. The second-order valence-corrected chi connectivity index (χ2v) is 9.21. The Morgan fingerprint density at radius 3 is 2.62 bits per heavy atom. The van der Waals surface area contributed by atoms with Crippen LogP contribution in [-0.2, 0) is 4.79 Å². The number of carbonyl (C=O) groups excluding carboxylic acids is 2. The van der Waals surface area contributed by atoms with Crippen LogP contribution >= 0.6 is 27.3 Å². The van der Waals surface area contributed by atoms with Crippen molar-refractivity contribution in [1.82, 2.24) is 15.5 Å². The van der Waals surface area contributed by atoms with E-state index in [1.165, 1.54) is 11.3 Å². The molecule has 32 heavy (non-hydrogen) atoms. The molecule has 4 rings (SSSR count). The van der Waals surface area contributed by atoms with Gasteiger partial charge in [-0.2, -0.15) is 0 Å². The van der Waals surface area contributed by atoms with Crippen LogP contribution in [0.2, 0.25) is 0 Å². The molecule has 1 aliphatic heterocycles. The summed E-state index contributed by atoms with van der Waals surface area (Å²) < 4.78 is 11.6. The first-order valence-corrected chi connectivity index (χ1v) is 11.7. The van der Waals surface area contributed by atoms with Gasteiger partial charge in [-0.15, -0.1) is 10.2 Å². The molecule has 0 bridgehead atoms. The number of nitrogens with zero attached hydrogens (tertiary/aromatic N) is 2. The molecule has 0 saturated carbocycles. The Kier molecular flexibility index (Phi) is 6.71. The number of hydrogen-bond acceptors (Lipinski definition) is 7. The largest absolute Gasteiger partial charge is 0.454 e. The van der Waals surface area contributed by atoms with Crippen LogP contribution in [0.5, 0.6) is 11.5 Å². The quantitative estimate of drug-likeness (QED) is 0.479. The van der Waals surface area contributed by atoms with E-state index in [1.54, 1.807) is 18.2 Å². The van der Waals surface area contributed by atoms with Crippen LogP contribution in [0.3, 0.4) is 0 Å². The van der Waals surface area contributed by atoms with E-state index in [2.05, 4.69) is 36.8 Å². The lowest BCUT2D eigenvalue weighted by Crippen LogP contribution is -2.47. The first kappa shape index (κ1) is 22.2. The van der Waals surface area contributed by atoms with E-state index in [0.717, 1.165) is 10.0 Å². The van der Waals surface area contributed by atoms with E-state index < -0.39 is 6.04 Å². The summed E-state index contributed by atoms with van der Waals surface area (Å²) in [6.07, 6.45) is 0.708. The molecule has 1 aromatic heterocycles. The molecule has 0 aliphatic carbocycles. The number of hydrogen-bond donors (Lipinski definition) is 2.